The molecule has 1 amide bonds. The first kappa shape index (κ1) is 20.5. The Hall–Kier alpha value is -1.57. The van der Waals surface area contributed by atoms with E-state index in [1.807, 2.05) is 44.2 Å². The zero-order valence-electron chi connectivity index (χ0n) is 13.8. The summed E-state index contributed by atoms with van der Waals surface area (Å²) in [6.07, 6.45) is 0.630. The first-order valence-corrected chi connectivity index (χ1v) is 8.66. The number of hydrogen-bond acceptors (Lipinski definition) is 6. The summed E-state index contributed by atoms with van der Waals surface area (Å²) < 4.78 is 5.56. The van der Waals surface area contributed by atoms with Crippen LogP contribution >= 0.6 is 11.8 Å². The molecule has 0 saturated heterocycles. The van der Waals surface area contributed by atoms with E-state index in [-0.39, 0.29) is 30.1 Å². The number of aromatic nitrogens is 2. The number of thioether (sulfide) groups is 1. The summed E-state index contributed by atoms with van der Waals surface area (Å²) >= 11 is 1.25. The normalized spacial score (nSPS) is 11.6. The predicted molar refractivity (Wildman–Crippen MR) is 90.0 cm³/mol. The molecule has 0 fully saturated rings. The van der Waals surface area contributed by atoms with Gasteiger partial charge in [-0.2, -0.15) is 0 Å². The number of nitrogens with zero attached hydrogens (tertiary/aromatic N) is 3. The number of carbonyl (C=O) groups is 1. The van der Waals surface area contributed by atoms with E-state index in [1.165, 1.54) is 11.8 Å². The Balaban J connectivity index is 0.00000288. The Morgan fingerprint density at radius 3 is 2.54 bits per heavy atom. The lowest BCUT2D eigenvalue weighted by molar-refractivity contribution is -0.127. The van der Waals surface area contributed by atoms with Crippen molar-refractivity contribution in [3.63, 3.8) is 0 Å². The van der Waals surface area contributed by atoms with Crippen molar-refractivity contribution in [2.45, 2.75) is 31.5 Å². The summed E-state index contributed by atoms with van der Waals surface area (Å²) in [5.41, 5.74) is 7.22. The average Bonchev–Trinajstić information content (AvgIpc) is 3.04. The highest BCUT2D eigenvalue weighted by Crippen LogP contribution is 2.21. The third-order valence-electron chi connectivity index (χ3n) is 3.47. The Kier molecular flexibility index (Phi) is 8.81. The third-order valence-corrected chi connectivity index (χ3v) is 4.28. The quantitative estimate of drug-likeness (QED) is 0.618. The largest absolute Gasteiger partial charge is 1.00 e. The van der Waals surface area contributed by atoms with Gasteiger partial charge in [-0.15, -0.1) is 10.2 Å². The van der Waals surface area contributed by atoms with Gasteiger partial charge in [0.05, 0.1) is 11.8 Å². The van der Waals surface area contributed by atoms with Crippen LogP contribution in [0.1, 0.15) is 31.3 Å². The average molecular weight is 370 g/mol. The van der Waals surface area contributed by atoms with E-state index in [0.717, 1.165) is 5.56 Å². The molecule has 2 aromatic rings. The second-order valence-corrected chi connectivity index (χ2v) is 5.98. The van der Waals surface area contributed by atoms with Crippen LogP contribution in [-0.2, 0) is 11.2 Å². The fourth-order valence-corrected chi connectivity index (χ4v) is 2.85. The molecule has 0 aliphatic carbocycles. The molecule has 2 rings (SSSR count). The maximum absolute atomic E-state index is 12.0. The first-order chi connectivity index (χ1) is 11.1. The Morgan fingerprint density at radius 2 is 1.92 bits per heavy atom. The van der Waals surface area contributed by atoms with Gasteiger partial charge in [-0.1, -0.05) is 42.1 Å². The Bertz CT molecular complexity index is 620. The van der Waals surface area contributed by atoms with Crippen LogP contribution in [0.2, 0.25) is 0 Å². The smallest absolute Gasteiger partial charge is 0.277 e. The van der Waals surface area contributed by atoms with Crippen molar-refractivity contribution in [3.05, 3.63) is 41.8 Å². The highest BCUT2D eigenvalue weighted by atomic mass is 35.5. The summed E-state index contributed by atoms with van der Waals surface area (Å²) in [6, 6.07) is 9.57. The predicted octanol–water partition coefficient (Wildman–Crippen LogP) is -0.723. The second-order valence-electron chi connectivity index (χ2n) is 5.06. The zero-order valence-corrected chi connectivity index (χ0v) is 15.4. The van der Waals surface area contributed by atoms with Gasteiger partial charge < -0.3 is 27.5 Å². The number of carbonyl (C=O) groups excluding carboxylic acids is 1. The maximum atomic E-state index is 12.0. The van der Waals surface area contributed by atoms with Gasteiger partial charge in [-0.05, 0) is 25.8 Å². The lowest BCUT2D eigenvalue weighted by Crippen LogP contribution is -3.00. The second kappa shape index (κ2) is 10.3. The van der Waals surface area contributed by atoms with Gasteiger partial charge in [-0.25, -0.2) is 0 Å². The van der Waals surface area contributed by atoms with Crippen molar-refractivity contribution in [3.8, 4) is 0 Å². The highest BCUT2D eigenvalue weighted by Gasteiger charge is 2.17. The monoisotopic (exact) mass is 369 g/mol. The Morgan fingerprint density at radius 1 is 1.25 bits per heavy atom. The van der Waals surface area contributed by atoms with E-state index in [0.29, 0.717) is 30.6 Å². The van der Waals surface area contributed by atoms with E-state index in [1.54, 1.807) is 4.90 Å². The molecule has 0 radical (unpaired) electrons. The number of amides is 1. The molecule has 1 aromatic heterocycles. The standard InChI is InChI=1S/C16H22N4O2S.ClH/c1-3-20(4-2)14(21)11-23-16-19-18-15(22-16)13(17)10-12-8-6-5-7-9-12;/h5-9,13H,3-4,10-11,17H2,1-2H3;1H/p-1/t13-;/m0./s1. The molecule has 0 unspecified atom stereocenters. The molecule has 0 aliphatic heterocycles. The van der Waals surface area contributed by atoms with Gasteiger partial charge in [0.1, 0.15) is 0 Å². The topological polar surface area (TPSA) is 85.2 Å². The minimum atomic E-state index is -0.349. The van der Waals surface area contributed by atoms with Crippen LogP contribution in [0.3, 0.4) is 0 Å². The summed E-state index contributed by atoms with van der Waals surface area (Å²) in [4.78, 5) is 13.7. The van der Waals surface area contributed by atoms with E-state index in [4.69, 9.17) is 10.2 Å². The summed E-state index contributed by atoms with van der Waals surface area (Å²) in [5.74, 6) is 0.747. The third kappa shape index (κ3) is 5.81. The van der Waals surface area contributed by atoms with Crippen molar-refractivity contribution in [1.29, 1.82) is 0 Å². The molecule has 1 atom stereocenters. The molecule has 0 aliphatic rings. The van der Waals surface area contributed by atoms with Crippen molar-refractivity contribution < 1.29 is 21.6 Å². The number of hydrogen-bond donors (Lipinski definition) is 1. The van der Waals surface area contributed by atoms with Gasteiger partial charge in [0.15, 0.2) is 0 Å². The molecule has 1 aromatic carbocycles. The van der Waals surface area contributed by atoms with Crippen molar-refractivity contribution in [2.75, 3.05) is 18.8 Å². The van der Waals surface area contributed by atoms with Crippen LogP contribution in [0.5, 0.6) is 0 Å². The van der Waals surface area contributed by atoms with Gasteiger partial charge in [0.25, 0.3) is 5.22 Å². The fraction of sp³-hybridized carbons (Fsp3) is 0.438. The van der Waals surface area contributed by atoms with E-state index in [9.17, 15) is 4.79 Å². The van der Waals surface area contributed by atoms with Crippen LogP contribution < -0.4 is 18.1 Å². The zero-order chi connectivity index (χ0) is 16.7. The minimum absolute atomic E-state index is 0. The highest BCUT2D eigenvalue weighted by molar-refractivity contribution is 7.99. The molecular weight excluding hydrogens is 348 g/mol. The summed E-state index contributed by atoms with van der Waals surface area (Å²) in [7, 11) is 0. The lowest BCUT2D eigenvalue weighted by Gasteiger charge is -2.17. The lowest BCUT2D eigenvalue weighted by atomic mass is 10.1. The van der Waals surface area contributed by atoms with Gasteiger partial charge in [0.2, 0.25) is 11.8 Å². The molecule has 0 saturated carbocycles. The van der Waals surface area contributed by atoms with Gasteiger partial charge >= 0.3 is 0 Å². The van der Waals surface area contributed by atoms with E-state index >= 15 is 0 Å². The van der Waals surface area contributed by atoms with Crippen LogP contribution in [0, 0.1) is 0 Å². The number of benzene rings is 1. The van der Waals surface area contributed by atoms with Crippen molar-refractivity contribution in [2.24, 2.45) is 5.73 Å². The van der Waals surface area contributed by atoms with Crippen LogP contribution in [0.4, 0.5) is 0 Å². The fourth-order valence-electron chi connectivity index (χ4n) is 2.17. The van der Waals surface area contributed by atoms with Crippen molar-refractivity contribution in [1.82, 2.24) is 15.1 Å². The molecular formula is C16H22ClN4O2S-. The molecule has 2 N–H and O–H groups in total. The summed E-state index contributed by atoms with van der Waals surface area (Å²) in [5, 5.41) is 8.32. The molecule has 24 heavy (non-hydrogen) atoms. The summed E-state index contributed by atoms with van der Waals surface area (Å²) in [6.45, 7) is 5.32. The molecule has 0 bridgehead atoms. The van der Waals surface area contributed by atoms with Crippen LogP contribution in [-0.4, -0.2) is 39.8 Å². The number of nitrogens with two attached hydrogens (primary N) is 1. The SMILES string of the molecule is CCN(CC)C(=O)CSc1nnc([C@@H](N)Cc2ccccc2)o1.[Cl-]. The first-order valence-electron chi connectivity index (χ1n) is 7.67. The minimum Gasteiger partial charge on any atom is -1.00 e. The van der Waals surface area contributed by atoms with Gasteiger partial charge in [-0.3, -0.25) is 4.79 Å². The molecule has 0 spiro atoms. The van der Waals surface area contributed by atoms with E-state index in [2.05, 4.69) is 10.2 Å². The molecule has 1 heterocycles. The maximum Gasteiger partial charge on any atom is 0.277 e. The Labute approximate surface area is 152 Å². The van der Waals surface area contributed by atoms with Crippen molar-refractivity contribution >= 4 is 17.7 Å². The molecule has 6 nitrogen and oxygen atoms in total. The van der Waals surface area contributed by atoms with Crippen LogP contribution in [0.25, 0.3) is 0 Å². The van der Waals surface area contributed by atoms with Gasteiger partial charge in [0, 0.05) is 13.1 Å². The molecule has 132 valence electrons. The molecule has 8 heteroatoms. The van der Waals surface area contributed by atoms with E-state index < -0.39 is 0 Å². The number of halogens is 1. The van der Waals surface area contributed by atoms with Crippen LogP contribution in [0.15, 0.2) is 40.0 Å². The number of rotatable bonds is 8.